The first kappa shape index (κ1) is 12.5. The van der Waals surface area contributed by atoms with Crippen LogP contribution >= 0.6 is 0 Å². The molecule has 0 bridgehead atoms. The molecule has 0 heterocycles. The number of benzene rings is 1. The summed E-state index contributed by atoms with van der Waals surface area (Å²) < 4.78 is 0. The average molecular weight is 232 g/mol. The van der Waals surface area contributed by atoms with E-state index in [9.17, 15) is 5.11 Å². The zero-order valence-corrected chi connectivity index (χ0v) is 10.9. The van der Waals surface area contributed by atoms with Crippen LogP contribution in [0, 0.1) is 11.8 Å². The van der Waals surface area contributed by atoms with Gasteiger partial charge >= 0.3 is 0 Å². The molecule has 2 rings (SSSR count). The third kappa shape index (κ3) is 3.76. The van der Waals surface area contributed by atoms with Crippen molar-refractivity contribution >= 4 is 0 Å². The van der Waals surface area contributed by atoms with Gasteiger partial charge < -0.3 is 5.11 Å². The van der Waals surface area contributed by atoms with Crippen LogP contribution in [0.5, 0.6) is 5.75 Å². The molecule has 1 N–H and O–H groups in total. The largest absolute Gasteiger partial charge is 0.508 e. The van der Waals surface area contributed by atoms with E-state index in [1.165, 1.54) is 50.5 Å². The van der Waals surface area contributed by atoms with Crippen molar-refractivity contribution in [1.29, 1.82) is 0 Å². The van der Waals surface area contributed by atoms with Crippen molar-refractivity contribution < 1.29 is 5.11 Å². The summed E-state index contributed by atoms with van der Waals surface area (Å²) in [6, 6.07) is 7.69. The molecule has 0 amide bonds. The van der Waals surface area contributed by atoms with Crippen molar-refractivity contribution in [2.45, 2.75) is 51.9 Å². The molecule has 1 aliphatic carbocycles. The molecular weight excluding hydrogens is 208 g/mol. The topological polar surface area (TPSA) is 20.2 Å². The van der Waals surface area contributed by atoms with Gasteiger partial charge in [-0.1, -0.05) is 51.2 Å². The van der Waals surface area contributed by atoms with Gasteiger partial charge in [-0.3, -0.25) is 0 Å². The second kappa shape index (κ2) is 6.09. The number of aromatic hydroxyl groups is 1. The molecule has 1 aromatic carbocycles. The normalized spacial score (nSPS) is 24.8. The Kier molecular flexibility index (Phi) is 4.47. The highest BCUT2D eigenvalue weighted by Gasteiger charge is 2.19. The van der Waals surface area contributed by atoms with Crippen LogP contribution in [0.25, 0.3) is 0 Å². The minimum absolute atomic E-state index is 0.372. The van der Waals surface area contributed by atoms with Gasteiger partial charge in [0.1, 0.15) is 5.75 Å². The van der Waals surface area contributed by atoms with Crippen LogP contribution in [0.1, 0.15) is 51.0 Å². The summed E-state index contributed by atoms with van der Waals surface area (Å²) in [5.41, 5.74) is 1.36. The van der Waals surface area contributed by atoms with E-state index in [1.807, 2.05) is 12.1 Å². The monoisotopic (exact) mass is 232 g/mol. The predicted molar refractivity (Wildman–Crippen MR) is 72.2 cm³/mol. The highest BCUT2D eigenvalue weighted by atomic mass is 16.3. The second-order valence-corrected chi connectivity index (χ2v) is 5.50. The fourth-order valence-corrected chi connectivity index (χ4v) is 2.96. The summed E-state index contributed by atoms with van der Waals surface area (Å²) in [5, 5.41) is 9.23. The molecule has 0 saturated heterocycles. The van der Waals surface area contributed by atoms with Crippen molar-refractivity contribution in [2.24, 2.45) is 11.8 Å². The van der Waals surface area contributed by atoms with Crippen LogP contribution in [0.15, 0.2) is 24.3 Å². The molecule has 1 aliphatic rings. The maximum atomic E-state index is 9.23. The summed E-state index contributed by atoms with van der Waals surface area (Å²) in [4.78, 5) is 0. The Morgan fingerprint density at radius 2 is 1.59 bits per heavy atom. The van der Waals surface area contributed by atoms with Crippen LogP contribution in [0.3, 0.4) is 0 Å². The van der Waals surface area contributed by atoms with E-state index in [0.717, 1.165) is 11.8 Å². The second-order valence-electron chi connectivity index (χ2n) is 5.50. The lowest BCUT2D eigenvalue weighted by molar-refractivity contribution is 0.259. The van der Waals surface area contributed by atoms with Crippen LogP contribution in [0.2, 0.25) is 0 Å². The van der Waals surface area contributed by atoms with E-state index in [2.05, 4.69) is 6.92 Å². The van der Waals surface area contributed by atoms with Gasteiger partial charge in [0.25, 0.3) is 0 Å². The maximum Gasteiger partial charge on any atom is 0.115 e. The molecule has 0 spiro atoms. The lowest BCUT2D eigenvalue weighted by Crippen LogP contribution is -2.14. The van der Waals surface area contributed by atoms with Gasteiger partial charge in [-0.15, -0.1) is 0 Å². The quantitative estimate of drug-likeness (QED) is 0.808. The molecule has 0 aliphatic heterocycles. The van der Waals surface area contributed by atoms with Gasteiger partial charge in [0.2, 0.25) is 0 Å². The molecule has 1 fully saturated rings. The number of aryl methyl sites for hydroxylation is 1. The highest BCUT2D eigenvalue weighted by Crippen LogP contribution is 2.33. The van der Waals surface area contributed by atoms with Gasteiger partial charge in [-0.05, 0) is 42.4 Å². The fourth-order valence-electron chi connectivity index (χ4n) is 2.96. The van der Waals surface area contributed by atoms with E-state index in [1.54, 1.807) is 12.1 Å². The van der Waals surface area contributed by atoms with Crippen LogP contribution in [-0.2, 0) is 6.42 Å². The number of hydrogen-bond donors (Lipinski definition) is 1. The van der Waals surface area contributed by atoms with Gasteiger partial charge in [0, 0.05) is 0 Å². The molecule has 1 aromatic rings. The summed E-state index contributed by atoms with van der Waals surface area (Å²) >= 11 is 0. The summed E-state index contributed by atoms with van der Waals surface area (Å²) in [7, 11) is 0. The SMILES string of the molecule is CC[C@H]1CC[C@H](CCc2ccc(O)cc2)CC1. The summed E-state index contributed by atoms with van der Waals surface area (Å²) in [5.74, 6) is 2.31. The number of rotatable bonds is 4. The average Bonchev–Trinajstić information content (AvgIpc) is 2.39. The van der Waals surface area contributed by atoms with Crippen molar-refractivity contribution in [2.75, 3.05) is 0 Å². The van der Waals surface area contributed by atoms with Crippen molar-refractivity contribution in [1.82, 2.24) is 0 Å². The smallest absolute Gasteiger partial charge is 0.115 e. The third-order valence-electron chi connectivity index (χ3n) is 4.32. The Balaban J connectivity index is 1.74. The van der Waals surface area contributed by atoms with Crippen molar-refractivity contribution in [3.63, 3.8) is 0 Å². The third-order valence-corrected chi connectivity index (χ3v) is 4.32. The lowest BCUT2D eigenvalue weighted by Gasteiger charge is -2.27. The van der Waals surface area contributed by atoms with Gasteiger partial charge in [0.05, 0.1) is 0 Å². The maximum absolute atomic E-state index is 9.23. The zero-order valence-electron chi connectivity index (χ0n) is 10.9. The molecule has 0 radical (unpaired) electrons. The standard InChI is InChI=1S/C16H24O/c1-2-13-3-5-14(6-4-13)7-8-15-9-11-16(17)12-10-15/h9-14,17H,2-8H2,1H3/t13-,14-. The Hall–Kier alpha value is -0.980. The predicted octanol–water partition coefficient (Wildman–Crippen LogP) is 4.54. The van der Waals surface area contributed by atoms with E-state index >= 15 is 0 Å². The first-order valence-corrected chi connectivity index (χ1v) is 7.06. The Labute approximate surface area is 105 Å². The molecule has 0 atom stereocenters. The molecule has 94 valence electrons. The highest BCUT2D eigenvalue weighted by molar-refractivity contribution is 5.25. The van der Waals surface area contributed by atoms with Gasteiger partial charge in [-0.25, -0.2) is 0 Å². The summed E-state index contributed by atoms with van der Waals surface area (Å²) in [6.07, 6.45) is 9.59. The minimum atomic E-state index is 0.372. The molecule has 1 heteroatoms. The van der Waals surface area contributed by atoms with E-state index in [4.69, 9.17) is 0 Å². The van der Waals surface area contributed by atoms with Crippen LogP contribution < -0.4 is 0 Å². The lowest BCUT2D eigenvalue weighted by atomic mass is 9.78. The molecule has 1 saturated carbocycles. The Morgan fingerprint density at radius 3 is 2.18 bits per heavy atom. The van der Waals surface area contributed by atoms with Crippen LogP contribution in [0.4, 0.5) is 0 Å². The van der Waals surface area contributed by atoms with E-state index in [-0.39, 0.29) is 0 Å². The summed E-state index contributed by atoms with van der Waals surface area (Å²) in [6.45, 7) is 2.32. The zero-order chi connectivity index (χ0) is 12.1. The Morgan fingerprint density at radius 1 is 1.00 bits per heavy atom. The van der Waals surface area contributed by atoms with Crippen molar-refractivity contribution in [3.05, 3.63) is 29.8 Å². The number of hydrogen-bond acceptors (Lipinski definition) is 1. The Bertz CT molecular complexity index is 320. The number of phenols is 1. The van der Waals surface area contributed by atoms with Gasteiger partial charge in [0.15, 0.2) is 0 Å². The molecule has 17 heavy (non-hydrogen) atoms. The fraction of sp³-hybridized carbons (Fsp3) is 0.625. The number of phenolic OH excluding ortho intramolecular Hbond substituents is 1. The van der Waals surface area contributed by atoms with Crippen LogP contribution in [-0.4, -0.2) is 5.11 Å². The molecule has 1 nitrogen and oxygen atoms in total. The first-order chi connectivity index (χ1) is 8.28. The van der Waals surface area contributed by atoms with Crippen molar-refractivity contribution in [3.8, 4) is 5.75 Å². The first-order valence-electron chi connectivity index (χ1n) is 7.06. The van der Waals surface area contributed by atoms with E-state index in [0.29, 0.717) is 5.75 Å². The molecule has 0 unspecified atom stereocenters. The molecular formula is C16H24O. The minimum Gasteiger partial charge on any atom is -0.508 e. The van der Waals surface area contributed by atoms with E-state index < -0.39 is 0 Å². The van der Waals surface area contributed by atoms with Gasteiger partial charge in [-0.2, -0.15) is 0 Å². The molecule has 0 aromatic heterocycles.